The number of hydrogen-bond donors (Lipinski definition) is 1. The Labute approximate surface area is 181 Å². The summed E-state index contributed by atoms with van der Waals surface area (Å²) < 4.78 is 48.8. The predicted octanol–water partition coefficient (Wildman–Crippen LogP) is 4.43. The largest absolute Gasteiger partial charge is 0.480 e. The molecular formula is C21H21F2N5O2S. The average molecular weight is 445 g/mol. The van der Waals surface area contributed by atoms with Crippen LogP contribution in [0, 0.1) is 23.0 Å². The summed E-state index contributed by atoms with van der Waals surface area (Å²) in [7, 11) is -0.0314. The smallest absolute Gasteiger partial charge is 0.232 e. The first-order valence-corrected chi connectivity index (χ1v) is 10.9. The van der Waals surface area contributed by atoms with Gasteiger partial charge in [0.2, 0.25) is 5.88 Å². The third-order valence-corrected chi connectivity index (χ3v) is 6.23. The molecule has 0 saturated carbocycles. The molecule has 0 bridgehead atoms. The number of ether oxygens (including phenoxy) is 1. The number of fused-ring (bicyclic) bond motifs is 1. The Kier molecular flexibility index (Phi) is 6.97. The fourth-order valence-electron chi connectivity index (χ4n) is 3.07. The summed E-state index contributed by atoms with van der Waals surface area (Å²) in [5.41, 5.74) is 0.461. The van der Waals surface area contributed by atoms with E-state index in [0.717, 1.165) is 6.07 Å². The van der Waals surface area contributed by atoms with Crippen molar-refractivity contribution in [1.29, 1.82) is 5.26 Å². The minimum Gasteiger partial charge on any atom is -0.480 e. The van der Waals surface area contributed by atoms with Crippen LogP contribution < -0.4 is 14.4 Å². The highest BCUT2D eigenvalue weighted by atomic mass is 32.2. The van der Waals surface area contributed by atoms with E-state index in [4.69, 9.17) is 4.74 Å². The van der Waals surface area contributed by atoms with E-state index in [9.17, 15) is 13.9 Å². The molecule has 0 aliphatic heterocycles. The molecule has 0 amide bonds. The van der Waals surface area contributed by atoms with E-state index in [0.29, 0.717) is 17.7 Å². The van der Waals surface area contributed by atoms with Crippen LogP contribution >= 0.6 is 0 Å². The molecule has 2 aromatic carbocycles. The Morgan fingerprint density at radius 3 is 2.68 bits per heavy atom. The summed E-state index contributed by atoms with van der Waals surface area (Å²) in [5.74, 6) is -1.18. The Hall–Kier alpha value is -3.32. The molecule has 31 heavy (non-hydrogen) atoms. The molecule has 7 nitrogen and oxygen atoms in total. The molecule has 1 atom stereocenters. The van der Waals surface area contributed by atoms with Crippen LogP contribution in [0.25, 0.3) is 11.0 Å². The molecule has 0 radical (unpaired) electrons. The molecule has 0 spiro atoms. The van der Waals surface area contributed by atoms with Crippen molar-refractivity contribution < 1.29 is 17.7 Å². The van der Waals surface area contributed by atoms with E-state index in [1.807, 2.05) is 13.0 Å². The summed E-state index contributed by atoms with van der Waals surface area (Å²) in [4.78, 5) is 8.41. The van der Waals surface area contributed by atoms with E-state index >= 15 is 4.39 Å². The molecule has 0 saturated heterocycles. The SMILES string of the molecule is CCCS(=O)N(CC)c1ccc(F)c(Nc2ccc3ncc(OC)nc3c2C#N)c1F. The average Bonchev–Trinajstić information content (AvgIpc) is 2.77. The standard InChI is InChI=1S/C21H21F2N5O2S/c1-4-10-31(29)28(5-2)17-9-6-14(22)21(19(17)23)26-15-7-8-16-20(13(15)11-24)27-18(30-3)12-25-16/h6-9,12,26H,4-5,10H2,1-3H3. The monoisotopic (exact) mass is 445 g/mol. The summed E-state index contributed by atoms with van der Waals surface area (Å²) in [6.07, 6.45) is 2.07. The second-order valence-corrected chi connectivity index (χ2v) is 7.97. The molecule has 10 heteroatoms. The minimum absolute atomic E-state index is 0.0129. The summed E-state index contributed by atoms with van der Waals surface area (Å²) in [5, 5.41) is 12.3. The number of anilines is 3. The van der Waals surface area contributed by atoms with Gasteiger partial charge in [0.25, 0.3) is 0 Å². The molecule has 0 aliphatic rings. The van der Waals surface area contributed by atoms with Crippen LogP contribution in [0.15, 0.2) is 30.5 Å². The Balaban J connectivity index is 2.10. The van der Waals surface area contributed by atoms with Gasteiger partial charge in [0, 0.05) is 12.3 Å². The van der Waals surface area contributed by atoms with Crippen LogP contribution in [-0.4, -0.2) is 33.6 Å². The van der Waals surface area contributed by atoms with E-state index in [-0.39, 0.29) is 34.9 Å². The second kappa shape index (κ2) is 9.66. The summed E-state index contributed by atoms with van der Waals surface area (Å²) in [6.45, 7) is 3.90. The number of benzene rings is 2. The topological polar surface area (TPSA) is 91.1 Å². The van der Waals surface area contributed by atoms with E-state index in [1.54, 1.807) is 13.0 Å². The highest BCUT2D eigenvalue weighted by Crippen LogP contribution is 2.34. The number of nitrogens with zero attached hydrogens (tertiary/aromatic N) is 4. The lowest BCUT2D eigenvalue weighted by molar-refractivity contribution is 0.397. The van der Waals surface area contributed by atoms with Gasteiger partial charge in [-0.15, -0.1) is 0 Å². The first kappa shape index (κ1) is 22.4. The summed E-state index contributed by atoms with van der Waals surface area (Å²) in [6, 6.07) is 7.45. The number of methoxy groups -OCH3 is 1. The van der Waals surface area contributed by atoms with Crippen molar-refractivity contribution >= 4 is 39.1 Å². The number of nitriles is 1. The maximum absolute atomic E-state index is 15.3. The molecule has 162 valence electrons. The quantitative estimate of drug-likeness (QED) is 0.552. The zero-order chi connectivity index (χ0) is 22.5. The van der Waals surface area contributed by atoms with Crippen LogP contribution in [0.3, 0.4) is 0 Å². The van der Waals surface area contributed by atoms with E-state index in [1.165, 1.54) is 29.7 Å². The first-order chi connectivity index (χ1) is 14.9. The van der Waals surface area contributed by atoms with Gasteiger partial charge in [-0.1, -0.05) is 6.92 Å². The molecule has 0 fully saturated rings. The predicted molar refractivity (Wildman–Crippen MR) is 117 cm³/mol. The van der Waals surface area contributed by atoms with Crippen molar-refractivity contribution in [1.82, 2.24) is 9.97 Å². The van der Waals surface area contributed by atoms with Gasteiger partial charge in [0.05, 0.1) is 30.2 Å². The van der Waals surface area contributed by atoms with Crippen LogP contribution in [0.2, 0.25) is 0 Å². The van der Waals surface area contributed by atoms with Crippen LogP contribution in [0.5, 0.6) is 5.88 Å². The number of rotatable bonds is 8. The van der Waals surface area contributed by atoms with Gasteiger partial charge in [-0.05, 0) is 37.6 Å². The number of hydrogen-bond acceptors (Lipinski definition) is 6. The van der Waals surface area contributed by atoms with Gasteiger partial charge in [0.15, 0.2) is 5.82 Å². The lowest BCUT2D eigenvalue weighted by atomic mass is 10.1. The fourth-order valence-corrected chi connectivity index (χ4v) is 4.29. The first-order valence-electron chi connectivity index (χ1n) is 9.59. The van der Waals surface area contributed by atoms with Crippen LogP contribution in [0.1, 0.15) is 25.8 Å². The Morgan fingerprint density at radius 1 is 1.26 bits per heavy atom. The van der Waals surface area contributed by atoms with Gasteiger partial charge in [0.1, 0.15) is 39.6 Å². The van der Waals surface area contributed by atoms with Crippen molar-refractivity contribution in [3.8, 4) is 11.9 Å². The van der Waals surface area contributed by atoms with Crippen LogP contribution in [-0.2, 0) is 11.0 Å². The molecule has 1 aromatic heterocycles. The second-order valence-electron chi connectivity index (χ2n) is 6.48. The zero-order valence-electron chi connectivity index (χ0n) is 17.3. The van der Waals surface area contributed by atoms with Gasteiger partial charge >= 0.3 is 0 Å². The Bertz CT molecular complexity index is 1180. The summed E-state index contributed by atoms with van der Waals surface area (Å²) >= 11 is 0. The van der Waals surface area contributed by atoms with Crippen LogP contribution in [0.4, 0.5) is 25.8 Å². The van der Waals surface area contributed by atoms with Gasteiger partial charge in [-0.3, -0.25) is 4.31 Å². The number of nitrogens with one attached hydrogen (secondary N) is 1. The lowest BCUT2D eigenvalue weighted by Gasteiger charge is -2.23. The van der Waals surface area contributed by atoms with E-state index in [2.05, 4.69) is 15.3 Å². The molecule has 3 aromatic rings. The maximum Gasteiger partial charge on any atom is 0.232 e. The van der Waals surface area contributed by atoms with Crippen molar-refractivity contribution in [2.24, 2.45) is 0 Å². The molecule has 0 aliphatic carbocycles. The number of aromatic nitrogens is 2. The fraction of sp³-hybridized carbons (Fsp3) is 0.286. The van der Waals surface area contributed by atoms with Gasteiger partial charge < -0.3 is 10.1 Å². The van der Waals surface area contributed by atoms with E-state index < -0.39 is 28.3 Å². The third kappa shape index (κ3) is 4.41. The third-order valence-electron chi connectivity index (χ3n) is 4.52. The zero-order valence-corrected chi connectivity index (χ0v) is 18.1. The highest BCUT2D eigenvalue weighted by Gasteiger charge is 2.22. The number of halogens is 2. The highest BCUT2D eigenvalue weighted by molar-refractivity contribution is 7.86. The normalized spacial score (nSPS) is 11.7. The molecular weight excluding hydrogens is 424 g/mol. The minimum atomic E-state index is -1.45. The lowest BCUT2D eigenvalue weighted by Crippen LogP contribution is -2.28. The molecule has 1 unspecified atom stereocenters. The molecule has 1 N–H and O–H groups in total. The maximum atomic E-state index is 15.3. The van der Waals surface area contributed by atoms with Gasteiger partial charge in [-0.25, -0.2) is 23.0 Å². The van der Waals surface area contributed by atoms with Gasteiger partial charge in [-0.2, -0.15) is 5.26 Å². The van der Waals surface area contributed by atoms with Crippen molar-refractivity contribution in [2.45, 2.75) is 20.3 Å². The van der Waals surface area contributed by atoms with Crippen molar-refractivity contribution in [2.75, 3.05) is 29.0 Å². The molecule has 3 rings (SSSR count). The molecule has 1 heterocycles. The van der Waals surface area contributed by atoms with Crippen molar-refractivity contribution in [3.63, 3.8) is 0 Å². The van der Waals surface area contributed by atoms with Crippen molar-refractivity contribution in [3.05, 3.63) is 47.7 Å². The Morgan fingerprint density at radius 2 is 2.03 bits per heavy atom.